The van der Waals surface area contributed by atoms with E-state index in [1.54, 1.807) is 6.07 Å². The van der Waals surface area contributed by atoms with Crippen molar-refractivity contribution >= 4 is 33.2 Å². The molecule has 0 amide bonds. The van der Waals surface area contributed by atoms with Gasteiger partial charge in [0, 0.05) is 16.9 Å². The first kappa shape index (κ1) is 10.3. The maximum Gasteiger partial charge on any atom is 0.265 e. The number of pyridine rings is 1. The quantitative estimate of drug-likeness (QED) is 0.886. The normalized spacial score (nSPS) is 10.0. The zero-order valence-electron chi connectivity index (χ0n) is 6.76. The molecule has 70 valence electrons. The molecule has 0 bridgehead atoms. The third-order valence-corrected chi connectivity index (χ3v) is 2.09. The number of hydrogen-bond donors (Lipinski definition) is 1. The van der Waals surface area contributed by atoms with E-state index in [0.717, 1.165) is 0 Å². The molecule has 2 N–H and O–H groups in total. The van der Waals surface area contributed by atoms with Gasteiger partial charge in [0.25, 0.3) is 5.56 Å². The van der Waals surface area contributed by atoms with Crippen LogP contribution in [0, 0.1) is 0 Å². The largest absolute Gasteiger partial charge is 0.398 e. The smallest absolute Gasteiger partial charge is 0.265 e. The van der Waals surface area contributed by atoms with Gasteiger partial charge in [-0.25, -0.2) is 0 Å². The SMILES string of the molecule is C=C(Cl)Cn1cc(N)cc(Br)c1=O. The molecule has 0 aliphatic carbocycles. The second kappa shape index (κ2) is 3.98. The highest BCUT2D eigenvalue weighted by molar-refractivity contribution is 9.10. The molecule has 0 unspecified atom stereocenters. The molecule has 13 heavy (non-hydrogen) atoms. The fourth-order valence-electron chi connectivity index (χ4n) is 0.923. The van der Waals surface area contributed by atoms with Gasteiger partial charge in [0.1, 0.15) is 0 Å². The minimum atomic E-state index is -0.170. The summed E-state index contributed by atoms with van der Waals surface area (Å²) < 4.78 is 1.82. The van der Waals surface area contributed by atoms with Crippen LogP contribution in [0.3, 0.4) is 0 Å². The van der Waals surface area contributed by atoms with Gasteiger partial charge in [-0.15, -0.1) is 0 Å². The van der Waals surface area contributed by atoms with Gasteiger partial charge in [0.2, 0.25) is 0 Å². The Morgan fingerprint density at radius 3 is 2.92 bits per heavy atom. The van der Waals surface area contributed by atoms with Crippen molar-refractivity contribution in [2.75, 3.05) is 5.73 Å². The van der Waals surface area contributed by atoms with Crippen molar-refractivity contribution in [3.8, 4) is 0 Å². The Kier molecular flexibility index (Phi) is 3.17. The number of aromatic nitrogens is 1. The average Bonchev–Trinajstić information content (AvgIpc) is 1.98. The summed E-state index contributed by atoms with van der Waals surface area (Å²) in [5.74, 6) is 0. The van der Waals surface area contributed by atoms with E-state index in [2.05, 4.69) is 22.5 Å². The summed E-state index contributed by atoms with van der Waals surface area (Å²) in [5, 5.41) is 0.389. The fourth-order valence-corrected chi connectivity index (χ4v) is 1.54. The van der Waals surface area contributed by atoms with Crippen molar-refractivity contribution in [3.05, 3.63) is 38.7 Å². The molecule has 1 aromatic heterocycles. The van der Waals surface area contributed by atoms with Gasteiger partial charge in [-0.05, 0) is 22.0 Å². The lowest BCUT2D eigenvalue weighted by molar-refractivity contribution is 0.769. The van der Waals surface area contributed by atoms with Gasteiger partial charge < -0.3 is 10.3 Å². The van der Waals surface area contributed by atoms with E-state index in [4.69, 9.17) is 17.3 Å². The number of nitrogens with two attached hydrogens (primary N) is 1. The van der Waals surface area contributed by atoms with E-state index < -0.39 is 0 Å². The molecular weight excluding hydrogens is 255 g/mol. The Balaban J connectivity index is 3.21. The summed E-state index contributed by atoms with van der Waals surface area (Å²) >= 11 is 8.68. The number of hydrogen-bond acceptors (Lipinski definition) is 2. The first-order valence-electron chi connectivity index (χ1n) is 3.49. The molecule has 1 heterocycles. The summed E-state index contributed by atoms with van der Waals surface area (Å²) in [5.41, 5.74) is 5.88. The summed E-state index contributed by atoms with van der Waals surface area (Å²) in [7, 11) is 0. The lowest BCUT2D eigenvalue weighted by Gasteiger charge is -2.05. The molecule has 0 radical (unpaired) electrons. The van der Waals surface area contributed by atoms with Crippen LogP contribution in [0.1, 0.15) is 0 Å². The van der Waals surface area contributed by atoms with Crippen LogP contribution in [0.2, 0.25) is 0 Å². The zero-order valence-corrected chi connectivity index (χ0v) is 9.10. The predicted octanol–water partition coefficient (Wildman–Crippen LogP) is 1.95. The van der Waals surface area contributed by atoms with E-state index in [-0.39, 0.29) is 12.1 Å². The lowest BCUT2D eigenvalue weighted by Crippen LogP contribution is -2.20. The third-order valence-electron chi connectivity index (χ3n) is 1.41. The van der Waals surface area contributed by atoms with Crippen molar-refractivity contribution in [3.63, 3.8) is 0 Å². The molecule has 0 spiro atoms. The molecule has 0 saturated heterocycles. The van der Waals surface area contributed by atoms with E-state index >= 15 is 0 Å². The topological polar surface area (TPSA) is 48.0 Å². The highest BCUT2D eigenvalue weighted by atomic mass is 79.9. The summed E-state index contributed by atoms with van der Waals surface area (Å²) in [4.78, 5) is 11.4. The third kappa shape index (κ3) is 2.60. The van der Waals surface area contributed by atoms with Crippen LogP contribution in [0.5, 0.6) is 0 Å². The number of anilines is 1. The van der Waals surface area contributed by atoms with Crippen LogP contribution >= 0.6 is 27.5 Å². The highest BCUT2D eigenvalue weighted by Gasteiger charge is 2.02. The van der Waals surface area contributed by atoms with Gasteiger partial charge in [0.15, 0.2) is 0 Å². The maximum absolute atomic E-state index is 11.4. The van der Waals surface area contributed by atoms with Crippen LogP contribution in [0.25, 0.3) is 0 Å². The molecule has 1 aromatic rings. The van der Waals surface area contributed by atoms with Gasteiger partial charge in [0.05, 0.1) is 11.0 Å². The predicted molar refractivity (Wildman–Crippen MR) is 57.8 cm³/mol. The molecule has 3 nitrogen and oxygen atoms in total. The standard InChI is InChI=1S/C8H8BrClN2O/c1-5(10)3-12-4-6(11)2-7(9)8(12)13/h2,4H,1,3,11H2. The van der Waals surface area contributed by atoms with Gasteiger partial charge in [-0.1, -0.05) is 18.2 Å². The van der Waals surface area contributed by atoms with E-state index in [1.807, 2.05) is 0 Å². The minimum Gasteiger partial charge on any atom is -0.398 e. The summed E-state index contributed by atoms with van der Waals surface area (Å²) in [6, 6.07) is 1.55. The second-order valence-corrected chi connectivity index (χ2v) is 3.96. The average molecular weight is 264 g/mol. The Morgan fingerprint density at radius 2 is 2.38 bits per heavy atom. The summed E-state index contributed by atoms with van der Waals surface area (Å²) in [6.07, 6.45) is 1.53. The van der Waals surface area contributed by atoms with Gasteiger partial charge in [-0.2, -0.15) is 0 Å². The van der Waals surface area contributed by atoms with Crippen LogP contribution < -0.4 is 11.3 Å². The Morgan fingerprint density at radius 1 is 1.77 bits per heavy atom. The van der Waals surface area contributed by atoms with Crippen LogP contribution in [0.15, 0.2) is 33.1 Å². The molecule has 1 rings (SSSR count). The second-order valence-electron chi connectivity index (χ2n) is 2.57. The van der Waals surface area contributed by atoms with E-state index in [9.17, 15) is 4.79 Å². The van der Waals surface area contributed by atoms with Crippen molar-refractivity contribution in [1.29, 1.82) is 0 Å². The maximum atomic E-state index is 11.4. The monoisotopic (exact) mass is 262 g/mol. The minimum absolute atomic E-state index is 0.170. The molecule has 0 fully saturated rings. The van der Waals surface area contributed by atoms with Crippen molar-refractivity contribution < 1.29 is 0 Å². The molecule has 0 atom stereocenters. The van der Waals surface area contributed by atoms with Gasteiger partial charge >= 0.3 is 0 Å². The molecule has 0 aromatic carbocycles. The Hall–Kier alpha value is -0.740. The van der Waals surface area contributed by atoms with Crippen LogP contribution in [0.4, 0.5) is 5.69 Å². The van der Waals surface area contributed by atoms with Crippen molar-refractivity contribution in [1.82, 2.24) is 4.57 Å². The first-order chi connectivity index (χ1) is 6.00. The van der Waals surface area contributed by atoms with E-state index in [1.165, 1.54) is 10.8 Å². The summed E-state index contributed by atoms with van der Waals surface area (Å²) in [6.45, 7) is 3.77. The number of halogens is 2. The van der Waals surface area contributed by atoms with Crippen molar-refractivity contribution in [2.24, 2.45) is 0 Å². The first-order valence-corrected chi connectivity index (χ1v) is 4.66. The highest BCUT2D eigenvalue weighted by Crippen LogP contribution is 2.09. The number of nitrogen functional groups attached to an aromatic ring is 1. The molecule has 0 aliphatic rings. The van der Waals surface area contributed by atoms with Crippen molar-refractivity contribution in [2.45, 2.75) is 6.54 Å². The molecule has 0 aliphatic heterocycles. The Bertz CT molecular complexity index is 400. The van der Waals surface area contributed by atoms with Gasteiger partial charge in [-0.3, -0.25) is 4.79 Å². The molecular formula is C8H8BrClN2O. The molecule has 0 saturated carbocycles. The van der Waals surface area contributed by atoms with Crippen LogP contribution in [-0.2, 0) is 6.54 Å². The number of allylic oxidation sites excluding steroid dienone is 1. The fraction of sp³-hybridized carbons (Fsp3) is 0.125. The van der Waals surface area contributed by atoms with Crippen LogP contribution in [-0.4, -0.2) is 4.57 Å². The lowest BCUT2D eigenvalue weighted by atomic mass is 10.4. The van der Waals surface area contributed by atoms with E-state index in [0.29, 0.717) is 15.2 Å². The zero-order chi connectivity index (χ0) is 10.0. The number of rotatable bonds is 2. The molecule has 5 heteroatoms. The number of nitrogens with zero attached hydrogens (tertiary/aromatic N) is 1. The Labute approximate surface area is 88.9 Å².